The fourth-order valence-corrected chi connectivity index (χ4v) is 13.3. The average Bonchev–Trinajstić information content (AvgIpc) is 4.06. The van der Waals surface area contributed by atoms with Gasteiger partial charge < -0.3 is 33.7 Å². The molecule has 6 aromatic rings. The van der Waals surface area contributed by atoms with Gasteiger partial charge in [-0.2, -0.15) is 9.97 Å². The number of piperazine rings is 1. The number of likely N-dealkylation sites (tertiary alicyclic amines) is 1. The van der Waals surface area contributed by atoms with E-state index in [0.29, 0.717) is 75.2 Å². The van der Waals surface area contributed by atoms with Crippen LogP contribution in [-0.4, -0.2) is 130 Å². The number of phenols is 1. The maximum atomic E-state index is 17.3. The summed E-state index contributed by atoms with van der Waals surface area (Å²) in [7, 11) is 0. The summed E-state index contributed by atoms with van der Waals surface area (Å²) in [6.45, 7) is 11.1. The van der Waals surface area contributed by atoms with Gasteiger partial charge in [-0.25, -0.2) is 13.6 Å². The lowest BCUT2D eigenvalue weighted by atomic mass is 9.60. The number of oxazole rings is 1. The number of amides is 2. The highest BCUT2D eigenvalue weighted by Crippen LogP contribution is 2.53. The zero-order valence-corrected chi connectivity index (χ0v) is 41.3. The number of hydrogen-bond acceptors (Lipinski definition) is 14. The van der Waals surface area contributed by atoms with Crippen molar-refractivity contribution in [3.63, 3.8) is 0 Å². The number of aromatic hydroxyl groups is 1. The first-order valence-corrected chi connectivity index (χ1v) is 26.4. The third-order valence-electron chi connectivity index (χ3n) is 17.8. The molecule has 5 saturated heterocycles. The molecule has 2 spiro atoms. The van der Waals surface area contributed by atoms with Gasteiger partial charge in [0.25, 0.3) is 0 Å². The number of hydrogen-bond donors (Lipinski definition) is 2. The lowest BCUT2D eigenvalue weighted by Crippen LogP contribution is -2.59. The topological polar surface area (TPSA) is 172 Å². The van der Waals surface area contributed by atoms with Crippen LogP contribution in [0.15, 0.2) is 57.9 Å². The summed E-state index contributed by atoms with van der Waals surface area (Å²) in [6.07, 6.45) is 12.1. The highest BCUT2D eigenvalue weighted by Gasteiger charge is 2.51. The van der Waals surface area contributed by atoms with Gasteiger partial charge in [0.05, 0.1) is 29.7 Å². The van der Waals surface area contributed by atoms with Crippen molar-refractivity contribution in [3.8, 4) is 23.0 Å². The first kappa shape index (κ1) is 46.5. The maximum absolute atomic E-state index is 17.3. The molecule has 7 aliphatic rings. The highest BCUT2D eigenvalue weighted by atomic mass is 19.1. The van der Waals surface area contributed by atoms with E-state index in [9.17, 15) is 19.5 Å². The van der Waals surface area contributed by atoms with E-state index in [2.05, 4.69) is 29.9 Å². The number of phenolic OH excluding ortho intramolecular Hbond substituents is 1. The number of benzene rings is 3. The van der Waals surface area contributed by atoms with Crippen LogP contribution in [0.3, 0.4) is 0 Å². The number of carbonyl (C=O) groups excluding carboxylic acids is 2. The molecule has 13 rings (SSSR count). The summed E-state index contributed by atoms with van der Waals surface area (Å²) < 4.78 is 52.2. The summed E-state index contributed by atoms with van der Waals surface area (Å²) in [4.78, 5) is 61.3. The number of halogens is 2. The third kappa shape index (κ3) is 8.27. The van der Waals surface area contributed by atoms with Gasteiger partial charge in [0.1, 0.15) is 34.6 Å². The number of anilines is 2. The van der Waals surface area contributed by atoms with Crippen molar-refractivity contribution >= 4 is 56.1 Å². The van der Waals surface area contributed by atoms with Gasteiger partial charge in [0.2, 0.25) is 11.8 Å². The summed E-state index contributed by atoms with van der Waals surface area (Å²) >= 11 is 0. The molecule has 8 heterocycles. The first-order chi connectivity index (χ1) is 35.4. The summed E-state index contributed by atoms with van der Waals surface area (Å²) in [6, 6.07) is 11.7. The van der Waals surface area contributed by atoms with E-state index in [1.165, 1.54) is 42.4 Å². The molecule has 2 atom stereocenters. The first-order valence-electron chi connectivity index (χ1n) is 26.4. The van der Waals surface area contributed by atoms with E-state index >= 15 is 8.78 Å². The molecule has 1 unspecified atom stereocenters. The number of piperidine rings is 3. The molecule has 5 aliphatic heterocycles. The Kier molecular flexibility index (Phi) is 11.3. The van der Waals surface area contributed by atoms with Crippen molar-refractivity contribution in [2.75, 3.05) is 81.9 Å². The minimum Gasteiger partial charge on any atom is -0.508 e. The summed E-state index contributed by atoms with van der Waals surface area (Å²) in [5.74, 6) is -1.97. The highest BCUT2D eigenvalue weighted by molar-refractivity contribution is 6.02. The van der Waals surface area contributed by atoms with Gasteiger partial charge >= 0.3 is 11.8 Å². The molecule has 2 aliphatic carbocycles. The maximum Gasteiger partial charge on any atom is 0.420 e. The Labute approximate surface area is 420 Å². The zero-order chi connectivity index (χ0) is 49.8. The summed E-state index contributed by atoms with van der Waals surface area (Å²) in [5.41, 5.74) is 2.88. The van der Waals surface area contributed by atoms with Crippen LogP contribution >= 0.6 is 0 Å². The van der Waals surface area contributed by atoms with Crippen LogP contribution in [0.4, 0.5) is 20.3 Å². The van der Waals surface area contributed by atoms with Crippen LogP contribution in [-0.2, 0) is 20.7 Å². The monoisotopic (exact) mass is 997 g/mol. The Morgan fingerprint density at radius 2 is 1.71 bits per heavy atom. The van der Waals surface area contributed by atoms with Gasteiger partial charge in [-0.3, -0.25) is 29.4 Å². The van der Waals surface area contributed by atoms with Crippen molar-refractivity contribution in [1.29, 1.82) is 0 Å². The quantitative estimate of drug-likeness (QED) is 0.124. The predicted octanol–water partition coefficient (Wildman–Crippen LogP) is 7.26. The van der Waals surface area contributed by atoms with Gasteiger partial charge in [0.15, 0.2) is 11.4 Å². The number of nitrogens with one attached hydrogen (secondary N) is 1. The van der Waals surface area contributed by atoms with Gasteiger partial charge in [-0.15, -0.1) is 0 Å². The number of fused-ring (bicyclic) bond motifs is 3. The lowest BCUT2D eigenvalue weighted by molar-refractivity contribution is -0.151. The zero-order valence-electron chi connectivity index (χ0n) is 41.3. The van der Waals surface area contributed by atoms with E-state index in [-0.39, 0.29) is 52.7 Å². The van der Waals surface area contributed by atoms with Crippen molar-refractivity contribution < 1.29 is 37.4 Å². The van der Waals surface area contributed by atoms with Crippen molar-refractivity contribution in [2.24, 2.45) is 10.8 Å². The predicted molar refractivity (Wildman–Crippen MR) is 270 cm³/mol. The molecule has 2 saturated carbocycles. The molecular formula is C55H61F2N9O7. The minimum absolute atomic E-state index is 0.0189. The number of imide groups is 1. The Bertz CT molecular complexity index is 3260. The fourth-order valence-electron chi connectivity index (χ4n) is 13.3. The van der Waals surface area contributed by atoms with E-state index in [1.807, 2.05) is 25.1 Å². The fraction of sp³-hybridized carbons (Fsp3) is 0.527. The molecule has 2 amide bonds. The van der Waals surface area contributed by atoms with Crippen LogP contribution in [0.5, 0.6) is 11.8 Å². The molecule has 0 bridgehead atoms. The van der Waals surface area contributed by atoms with Crippen LogP contribution in [0.2, 0.25) is 0 Å². The molecule has 3 aromatic carbocycles. The number of aryl methyl sites for hydroxylation is 1. The van der Waals surface area contributed by atoms with Crippen LogP contribution in [0, 0.1) is 22.5 Å². The Morgan fingerprint density at radius 3 is 2.45 bits per heavy atom. The number of aromatic nitrogens is 4. The molecule has 16 nitrogen and oxygen atoms in total. The molecule has 382 valence electrons. The summed E-state index contributed by atoms with van der Waals surface area (Å²) in [5, 5.41) is 14.7. The van der Waals surface area contributed by atoms with E-state index < -0.39 is 29.3 Å². The second-order valence-corrected chi connectivity index (χ2v) is 22.3. The van der Waals surface area contributed by atoms with Gasteiger partial charge in [-0.05, 0) is 129 Å². The van der Waals surface area contributed by atoms with Gasteiger partial charge in [-0.1, -0.05) is 13.0 Å². The molecule has 18 heteroatoms. The van der Waals surface area contributed by atoms with E-state index in [4.69, 9.17) is 23.9 Å². The molecule has 3 aromatic heterocycles. The number of ether oxygens (including phenoxy) is 2. The smallest absolute Gasteiger partial charge is 0.420 e. The molecule has 0 radical (unpaired) electrons. The number of rotatable bonds is 11. The lowest BCUT2D eigenvalue weighted by Gasteiger charge is -2.56. The average molecular weight is 998 g/mol. The molecule has 73 heavy (non-hydrogen) atoms. The van der Waals surface area contributed by atoms with Crippen LogP contribution in [0.1, 0.15) is 89.2 Å². The van der Waals surface area contributed by atoms with E-state index in [0.717, 1.165) is 96.8 Å². The second kappa shape index (κ2) is 17.7. The third-order valence-corrected chi connectivity index (χ3v) is 17.8. The van der Waals surface area contributed by atoms with E-state index in [1.54, 1.807) is 18.3 Å². The van der Waals surface area contributed by atoms with Crippen molar-refractivity contribution in [3.05, 3.63) is 76.4 Å². The van der Waals surface area contributed by atoms with Crippen molar-refractivity contribution in [1.82, 2.24) is 34.6 Å². The SMILES string of the molecule is CCc1c(F)ccc2cc(O)cc(-c3ncc4c(N5CCC[C@]6(CCO6)C5)nc(OCC5(CN6CCC7(CC6)CC(N6CCN(c8ccc9c(c8)oc(=O)n9C8CCC(=O)NC8=O)CC6)C7)CC5)nc4c3F)c12. The Morgan fingerprint density at radius 1 is 0.904 bits per heavy atom. The molecule has 2 N–H and O–H groups in total. The molecule has 7 fully saturated rings. The minimum atomic E-state index is -0.767. The van der Waals surface area contributed by atoms with Crippen LogP contribution < -0.4 is 25.6 Å². The van der Waals surface area contributed by atoms with Crippen LogP contribution in [0.25, 0.3) is 44.0 Å². The van der Waals surface area contributed by atoms with Crippen molar-refractivity contribution in [2.45, 2.75) is 102 Å². The Balaban J connectivity index is 0.654. The number of carbonyl (C=O) groups is 2. The molecular weight excluding hydrogens is 937 g/mol. The number of nitrogens with zero attached hydrogens (tertiary/aromatic N) is 8. The number of pyridine rings is 1. The second-order valence-electron chi connectivity index (χ2n) is 22.3. The van der Waals surface area contributed by atoms with Gasteiger partial charge in [0, 0.05) is 93.6 Å². The Hall–Kier alpha value is -6.24. The largest absolute Gasteiger partial charge is 0.508 e. The standard InChI is InChI=1S/C55H61F2N9O7/c1-2-37-40(56)6-4-33-24-36(67)26-38(45(33)37)47-46(57)48-39(29-58-47)49(65-16-3-10-55(31-65)15-23-72-55)61-51(60-48)71-32-54(11-12-54)30-62-17-13-53(14-18-62)27-35(28-53)64-21-19-63(20-22-64)34-5-7-41-43(25-34)73-52(70)66(41)42-8-9-44(68)59-50(42)69/h4-7,24-26,29,35,42,67H,2-3,8-23,27-28,30-32H2,1H3,(H,59,68,69)/t42?,55-/m0/s1. The normalized spacial score (nSPS) is 24.4.